The van der Waals surface area contributed by atoms with Crippen LogP contribution in [-0.2, 0) is 6.42 Å². The molecule has 1 heterocycles. The van der Waals surface area contributed by atoms with Crippen LogP contribution in [0.3, 0.4) is 0 Å². The number of hydrogen-bond acceptors (Lipinski definition) is 3. The van der Waals surface area contributed by atoms with Gasteiger partial charge >= 0.3 is 0 Å². The lowest BCUT2D eigenvalue weighted by molar-refractivity contribution is 0.102. The molecule has 0 spiro atoms. The summed E-state index contributed by atoms with van der Waals surface area (Å²) in [6.07, 6.45) is 0.666. The topological polar surface area (TPSA) is 55.1 Å². The van der Waals surface area contributed by atoms with Gasteiger partial charge in [0.25, 0.3) is 5.91 Å². The third-order valence-electron chi connectivity index (χ3n) is 2.91. The lowest BCUT2D eigenvalue weighted by Gasteiger charge is -2.07. The Morgan fingerprint density at radius 2 is 2.16 bits per heavy atom. The highest BCUT2D eigenvalue weighted by atomic mass is 79.9. The summed E-state index contributed by atoms with van der Waals surface area (Å²) in [7, 11) is 0. The lowest BCUT2D eigenvalue weighted by atomic mass is 10.1. The predicted molar refractivity (Wildman–Crippen MR) is 77.5 cm³/mol. The zero-order valence-electron chi connectivity index (χ0n) is 11.1. The summed E-state index contributed by atoms with van der Waals surface area (Å²) in [4.78, 5) is 12.2. The van der Waals surface area contributed by atoms with Gasteiger partial charge in [-0.2, -0.15) is 0 Å². The van der Waals surface area contributed by atoms with E-state index in [1.54, 1.807) is 6.92 Å². The normalized spacial score (nSPS) is 10.5. The van der Waals surface area contributed by atoms with E-state index in [9.17, 15) is 4.79 Å². The van der Waals surface area contributed by atoms with Gasteiger partial charge in [0.15, 0.2) is 0 Å². The molecule has 0 radical (unpaired) electrons. The van der Waals surface area contributed by atoms with Gasteiger partial charge in [-0.1, -0.05) is 28.0 Å². The van der Waals surface area contributed by atoms with E-state index >= 15 is 0 Å². The summed E-state index contributed by atoms with van der Waals surface area (Å²) in [5, 5.41) is 6.75. The minimum atomic E-state index is -0.183. The number of aromatic nitrogens is 1. The number of halogens is 1. The van der Waals surface area contributed by atoms with Gasteiger partial charge in [0.2, 0.25) is 0 Å². The molecule has 100 valence electrons. The third kappa shape index (κ3) is 2.87. The summed E-state index contributed by atoms with van der Waals surface area (Å²) in [5.74, 6) is 0.362. The maximum absolute atomic E-state index is 12.2. The summed E-state index contributed by atoms with van der Waals surface area (Å²) in [5.41, 5.74) is 3.04. The summed E-state index contributed by atoms with van der Waals surface area (Å²) in [6, 6.07) is 5.67. The molecule has 0 unspecified atom stereocenters. The van der Waals surface area contributed by atoms with Crippen LogP contribution in [0.5, 0.6) is 0 Å². The van der Waals surface area contributed by atoms with E-state index in [4.69, 9.17) is 4.52 Å². The van der Waals surface area contributed by atoms with E-state index in [0.717, 1.165) is 15.7 Å². The first-order valence-electron chi connectivity index (χ1n) is 6.05. The highest BCUT2D eigenvalue weighted by molar-refractivity contribution is 9.10. The quantitative estimate of drug-likeness (QED) is 0.933. The van der Waals surface area contributed by atoms with Crippen molar-refractivity contribution in [1.82, 2.24) is 5.16 Å². The van der Waals surface area contributed by atoms with E-state index in [1.807, 2.05) is 32.0 Å². The fourth-order valence-electron chi connectivity index (χ4n) is 1.87. The van der Waals surface area contributed by atoms with E-state index in [-0.39, 0.29) is 5.91 Å². The summed E-state index contributed by atoms with van der Waals surface area (Å²) in [6.45, 7) is 5.66. The van der Waals surface area contributed by atoms with Gasteiger partial charge < -0.3 is 9.84 Å². The monoisotopic (exact) mass is 322 g/mol. The van der Waals surface area contributed by atoms with Gasteiger partial charge in [0.05, 0.1) is 5.69 Å². The molecule has 19 heavy (non-hydrogen) atoms. The van der Waals surface area contributed by atoms with Crippen molar-refractivity contribution in [1.29, 1.82) is 0 Å². The van der Waals surface area contributed by atoms with Crippen LogP contribution in [-0.4, -0.2) is 11.1 Å². The fourth-order valence-corrected chi connectivity index (χ4v) is 2.11. The maximum atomic E-state index is 12.2. The van der Waals surface area contributed by atoms with E-state index in [2.05, 4.69) is 26.4 Å². The summed E-state index contributed by atoms with van der Waals surface area (Å²) >= 11 is 3.43. The molecule has 1 aromatic carbocycles. The predicted octanol–water partition coefficient (Wildman–Crippen LogP) is 3.87. The molecule has 2 aromatic rings. The van der Waals surface area contributed by atoms with Crippen LogP contribution in [0.15, 0.2) is 27.2 Å². The smallest absolute Gasteiger partial charge is 0.261 e. The lowest BCUT2D eigenvalue weighted by Crippen LogP contribution is -2.14. The molecular formula is C14H15BrN2O2. The Bertz CT molecular complexity index is 620. The second-order valence-electron chi connectivity index (χ2n) is 4.33. The zero-order valence-corrected chi connectivity index (χ0v) is 12.7. The van der Waals surface area contributed by atoms with Crippen molar-refractivity contribution in [3.8, 4) is 0 Å². The molecule has 4 nitrogen and oxygen atoms in total. The molecule has 0 saturated carbocycles. The molecule has 0 fully saturated rings. The van der Waals surface area contributed by atoms with Gasteiger partial charge in [0.1, 0.15) is 11.3 Å². The Morgan fingerprint density at radius 3 is 2.79 bits per heavy atom. The molecule has 1 aromatic heterocycles. The van der Waals surface area contributed by atoms with Gasteiger partial charge in [0, 0.05) is 10.2 Å². The maximum Gasteiger partial charge on any atom is 0.261 e. The highest BCUT2D eigenvalue weighted by Crippen LogP contribution is 2.21. The summed E-state index contributed by atoms with van der Waals surface area (Å²) < 4.78 is 6.08. The largest absolute Gasteiger partial charge is 0.361 e. The molecule has 0 bridgehead atoms. The number of carbonyl (C=O) groups excluding carboxylic acids is 1. The standard InChI is InChI=1S/C14H15BrN2O2/c1-4-12-13(9(3)19-17-12)14(18)16-10-5-6-11(15)8(2)7-10/h5-7H,4H2,1-3H3,(H,16,18). The number of nitrogens with zero attached hydrogens (tertiary/aromatic N) is 1. The molecule has 0 aliphatic heterocycles. The van der Waals surface area contributed by atoms with Crippen molar-refractivity contribution in [3.05, 3.63) is 45.3 Å². The third-order valence-corrected chi connectivity index (χ3v) is 3.80. The van der Waals surface area contributed by atoms with E-state index in [1.165, 1.54) is 0 Å². The number of amides is 1. The average molecular weight is 323 g/mol. The Morgan fingerprint density at radius 1 is 1.42 bits per heavy atom. The van der Waals surface area contributed by atoms with Crippen molar-refractivity contribution in [2.45, 2.75) is 27.2 Å². The van der Waals surface area contributed by atoms with E-state index < -0.39 is 0 Å². The molecule has 0 aliphatic rings. The molecule has 5 heteroatoms. The van der Waals surface area contributed by atoms with E-state index in [0.29, 0.717) is 23.4 Å². The molecule has 0 aliphatic carbocycles. The number of benzene rings is 1. The van der Waals surface area contributed by atoms with Crippen LogP contribution < -0.4 is 5.32 Å². The Labute approximate surface area is 120 Å². The number of nitrogens with one attached hydrogen (secondary N) is 1. The average Bonchev–Trinajstić information content (AvgIpc) is 2.75. The number of carbonyl (C=O) groups is 1. The second-order valence-corrected chi connectivity index (χ2v) is 5.19. The molecule has 1 amide bonds. The van der Waals surface area contributed by atoms with Crippen LogP contribution in [0.25, 0.3) is 0 Å². The van der Waals surface area contributed by atoms with Crippen molar-refractivity contribution in [2.24, 2.45) is 0 Å². The van der Waals surface area contributed by atoms with Gasteiger partial charge in [-0.25, -0.2) is 0 Å². The van der Waals surface area contributed by atoms with Crippen LogP contribution in [0.2, 0.25) is 0 Å². The van der Waals surface area contributed by atoms with Crippen molar-refractivity contribution in [3.63, 3.8) is 0 Å². The Hall–Kier alpha value is -1.62. The number of anilines is 1. The first-order chi connectivity index (χ1) is 9.02. The molecular weight excluding hydrogens is 308 g/mol. The van der Waals surface area contributed by atoms with Gasteiger partial charge in [-0.3, -0.25) is 4.79 Å². The first kappa shape index (κ1) is 13.8. The van der Waals surface area contributed by atoms with Gasteiger partial charge in [-0.15, -0.1) is 0 Å². The van der Waals surface area contributed by atoms with Crippen LogP contribution >= 0.6 is 15.9 Å². The number of aryl methyl sites for hydroxylation is 3. The molecule has 2 rings (SSSR count). The van der Waals surface area contributed by atoms with Crippen LogP contribution in [0.4, 0.5) is 5.69 Å². The molecule has 1 N–H and O–H groups in total. The fraction of sp³-hybridized carbons (Fsp3) is 0.286. The zero-order chi connectivity index (χ0) is 14.0. The Kier molecular flexibility index (Phi) is 4.04. The number of rotatable bonds is 3. The molecule has 0 saturated heterocycles. The number of hydrogen-bond donors (Lipinski definition) is 1. The van der Waals surface area contributed by atoms with Crippen LogP contribution in [0.1, 0.15) is 34.3 Å². The minimum Gasteiger partial charge on any atom is -0.361 e. The second kappa shape index (κ2) is 5.57. The Balaban J connectivity index is 2.25. The van der Waals surface area contributed by atoms with Gasteiger partial charge in [-0.05, 0) is 44.0 Å². The molecule has 0 atom stereocenters. The SMILES string of the molecule is CCc1noc(C)c1C(=O)Nc1ccc(Br)c(C)c1. The minimum absolute atomic E-state index is 0.183. The van der Waals surface area contributed by atoms with Crippen molar-refractivity contribution < 1.29 is 9.32 Å². The van der Waals surface area contributed by atoms with Crippen LogP contribution in [0, 0.1) is 13.8 Å². The highest BCUT2D eigenvalue weighted by Gasteiger charge is 2.19. The first-order valence-corrected chi connectivity index (χ1v) is 6.85. The van der Waals surface area contributed by atoms with Crippen molar-refractivity contribution in [2.75, 3.05) is 5.32 Å². The van der Waals surface area contributed by atoms with Crippen molar-refractivity contribution >= 4 is 27.5 Å².